The highest BCUT2D eigenvalue weighted by Crippen LogP contribution is 2.55. The van der Waals surface area contributed by atoms with Crippen LogP contribution in [0.2, 0.25) is 0 Å². The Morgan fingerprint density at radius 2 is 2.14 bits per heavy atom. The summed E-state index contributed by atoms with van der Waals surface area (Å²) in [6, 6.07) is 0.297. The summed E-state index contributed by atoms with van der Waals surface area (Å²) in [4.78, 5) is 21.9. The number of carbonyl (C=O) groups is 1. The molecule has 4 aliphatic carbocycles. The number of nitrogens with zero attached hydrogens (tertiary/aromatic N) is 2. The third-order valence-corrected chi connectivity index (χ3v) is 7.08. The molecule has 29 heavy (non-hydrogen) atoms. The maximum absolute atomic E-state index is 13.1. The zero-order chi connectivity index (χ0) is 20.0. The zero-order valence-corrected chi connectivity index (χ0v) is 16.9. The highest BCUT2D eigenvalue weighted by atomic mass is 16.5. The first-order valence-corrected chi connectivity index (χ1v) is 10.9. The van der Waals surface area contributed by atoms with Gasteiger partial charge in [-0.3, -0.25) is 4.79 Å². The van der Waals surface area contributed by atoms with Gasteiger partial charge in [-0.2, -0.15) is 4.98 Å². The fraction of sp³-hybridized carbons (Fsp3) is 0.762. The Morgan fingerprint density at radius 1 is 1.34 bits per heavy atom. The molecule has 0 spiro atoms. The van der Waals surface area contributed by atoms with Crippen LogP contribution in [0.3, 0.4) is 0 Å². The molecule has 2 heterocycles. The van der Waals surface area contributed by atoms with Crippen molar-refractivity contribution in [1.82, 2.24) is 15.3 Å². The Hall–Kier alpha value is -1.93. The van der Waals surface area contributed by atoms with Gasteiger partial charge in [-0.25, -0.2) is 4.98 Å². The van der Waals surface area contributed by atoms with Gasteiger partial charge in [0.05, 0.1) is 24.9 Å². The van der Waals surface area contributed by atoms with Gasteiger partial charge in [-0.05, 0) is 63.2 Å². The second kappa shape index (κ2) is 7.40. The van der Waals surface area contributed by atoms with E-state index in [0.29, 0.717) is 48.4 Å². The molecule has 4 bridgehead atoms. The van der Waals surface area contributed by atoms with Gasteiger partial charge in [0, 0.05) is 18.8 Å². The number of carbonyl (C=O) groups excluding carboxylic acids is 1. The number of anilines is 1. The molecule has 1 aromatic heterocycles. The lowest BCUT2D eigenvalue weighted by atomic mass is 9.52. The molecule has 8 heteroatoms. The standard InChI is InChI=1S/C21H30N4O4/c1-2-29-19-16(10-22-20(25-19)23-15-3-4-28-11-15)18(26)24-17-13-5-12-6-14(17)9-21(27,7-12)8-13/h10,12-15,17,27H,2-9,11H2,1H3,(H,24,26)(H,22,23,25)/t12?,13?,14?,15-,17?,21?/m0/s1. The van der Waals surface area contributed by atoms with Crippen LogP contribution in [0.1, 0.15) is 55.8 Å². The van der Waals surface area contributed by atoms with Crippen LogP contribution < -0.4 is 15.4 Å². The SMILES string of the molecule is CCOc1nc(N[C@H]2CCOC2)ncc1C(=O)NC1C2CC3CC1CC(O)(C3)C2. The summed E-state index contributed by atoms with van der Waals surface area (Å²) in [5.41, 5.74) is -0.137. The van der Waals surface area contributed by atoms with Crippen LogP contribution in [-0.4, -0.2) is 58.5 Å². The van der Waals surface area contributed by atoms with Crippen molar-refractivity contribution in [3.05, 3.63) is 11.8 Å². The molecule has 1 aliphatic heterocycles. The normalized spacial score (nSPS) is 37.5. The maximum atomic E-state index is 13.1. The Kier molecular flexibility index (Phi) is 4.86. The molecule has 5 aliphatic rings. The van der Waals surface area contributed by atoms with E-state index in [1.165, 1.54) is 0 Å². The fourth-order valence-electron chi connectivity index (χ4n) is 6.12. The second-order valence-corrected chi connectivity index (χ2v) is 9.24. The summed E-state index contributed by atoms with van der Waals surface area (Å²) in [5.74, 6) is 1.90. The molecule has 1 saturated heterocycles. The highest BCUT2D eigenvalue weighted by molar-refractivity contribution is 5.96. The molecule has 2 unspecified atom stereocenters. The smallest absolute Gasteiger partial charge is 0.258 e. The van der Waals surface area contributed by atoms with E-state index in [9.17, 15) is 9.90 Å². The number of hydrogen-bond acceptors (Lipinski definition) is 7. The van der Waals surface area contributed by atoms with Gasteiger partial charge in [0.25, 0.3) is 5.91 Å². The molecular weight excluding hydrogens is 372 g/mol. The lowest BCUT2D eigenvalue weighted by Crippen LogP contribution is -2.61. The van der Waals surface area contributed by atoms with Crippen LogP contribution in [0.5, 0.6) is 5.88 Å². The van der Waals surface area contributed by atoms with Crippen LogP contribution in [0.15, 0.2) is 6.20 Å². The predicted octanol–water partition coefficient (Wildman–Crippen LogP) is 1.75. The van der Waals surface area contributed by atoms with Gasteiger partial charge >= 0.3 is 0 Å². The second-order valence-electron chi connectivity index (χ2n) is 9.24. The van der Waals surface area contributed by atoms with Gasteiger partial charge in [0.1, 0.15) is 5.56 Å². The Labute approximate surface area is 170 Å². The van der Waals surface area contributed by atoms with Crippen molar-refractivity contribution in [3.8, 4) is 5.88 Å². The topological polar surface area (TPSA) is 106 Å². The van der Waals surface area contributed by atoms with E-state index >= 15 is 0 Å². The van der Waals surface area contributed by atoms with Crippen LogP contribution in [0.25, 0.3) is 0 Å². The minimum absolute atomic E-state index is 0.113. The highest BCUT2D eigenvalue weighted by Gasteiger charge is 2.55. The number of amides is 1. The number of aromatic nitrogens is 2. The first kappa shape index (κ1) is 19.1. The number of rotatable bonds is 6. The van der Waals surface area contributed by atoms with Gasteiger partial charge in [-0.15, -0.1) is 0 Å². The lowest BCUT2D eigenvalue weighted by Gasteiger charge is -2.58. The summed E-state index contributed by atoms with van der Waals surface area (Å²) in [5, 5.41) is 17.2. The quantitative estimate of drug-likeness (QED) is 0.666. The predicted molar refractivity (Wildman–Crippen MR) is 106 cm³/mol. The van der Waals surface area contributed by atoms with Crippen molar-refractivity contribution >= 4 is 11.9 Å². The molecule has 1 aromatic rings. The average molecular weight is 402 g/mol. The summed E-state index contributed by atoms with van der Waals surface area (Å²) in [7, 11) is 0. The third-order valence-electron chi connectivity index (χ3n) is 7.08. The van der Waals surface area contributed by atoms with E-state index in [0.717, 1.165) is 45.1 Å². The Bertz CT molecular complexity index is 766. The fourth-order valence-corrected chi connectivity index (χ4v) is 6.12. The summed E-state index contributed by atoms with van der Waals surface area (Å²) < 4.78 is 11.0. The Morgan fingerprint density at radius 3 is 2.79 bits per heavy atom. The van der Waals surface area contributed by atoms with Crippen LogP contribution in [0.4, 0.5) is 5.95 Å². The minimum Gasteiger partial charge on any atom is -0.477 e. The van der Waals surface area contributed by atoms with Crippen LogP contribution in [-0.2, 0) is 4.74 Å². The van der Waals surface area contributed by atoms with E-state index in [-0.39, 0.29) is 18.0 Å². The first-order valence-electron chi connectivity index (χ1n) is 10.9. The molecule has 8 nitrogen and oxygen atoms in total. The zero-order valence-electron chi connectivity index (χ0n) is 16.9. The third kappa shape index (κ3) is 3.68. The van der Waals surface area contributed by atoms with Crippen molar-refractivity contribution in [2.24, 2.45) is 17.8 Å². The Balaban J connectivity index is 1.31. The van der Waals surface area contributed by atoms with Crippen LogP contribution in [0, 0.1) is 17.8 Å². The first-order chi connectivity index (χ1) is 14.0. The van der Waals surface area contributed by atoms with E-state index in [2.05, 4.69) is 20.6 Å². The maximum Gasteiger partial charge on any atom is 0.258 e. The van der Waals surface area contributed by atoms with Crippen molar-refractivity contribution in [1.29, 1.82) is 0 Å². The molecule has 6 rings (SSSR count). The average Bonchev–Trinajstić information content (AvgIpc) is 3.17. The molecular formula is C21H30N4O4. The molecule has 0 radical (unpaired) electrons. The van der Waals surface area contributed by atoms with E-state index in [1.807, 2.05) is 6.92 Å². The summed E-state index contributed by atoms with van der Waals surface area (Å²) in [6.45, 7) is 3.66. The monoisotopic (exact) mass is 402 g/mol. The largest absolute Gasteiger partial charge is 0.477 e. The lowest BCUT2D eigenvalue weighted by molar-refractivity contribution is -0.136. The van der Waals surface area contributed by atoms with Crippen molar-refractivity contribution in [2.45, 2.75) is 63.1 Å². The number of ether oxygens (including phenoxy) is 2. The van der Waals surface area contributed by atoms with Gasteiger partial charge < -0.3 is 25.2 Å². The molecule has 158 valence electrons. The van der Waals surface area contributed by atoms with Gasteiger partial charge in [0.15, 0.2) is 0 Å². The minimum atomic E-state index is -0.505. The van der Waals surface area contributed by atoms with Crippen LogP contribution >= 0.6 is 0 Å². The van der Waals surface area contributed by atoms with E-state index in [1.54, 1.807) is 6.20 Å². The van der Waals surface area contributed by atoms with Gasteiger partial charge in [-0.1, -0.05) is 0 Å². The molecule has 4 saturated carbocycles. The van der Waals surface area contributed by atoms with E-state index in [4.69, 9.17) is 9.47 Å². The molecule has 3 N–H and O–H groups in total. The number of hydrogen-bond donors (Lipinski definition) is 3. The summed E-state index contributed by atoms with van der Waals surface area (Å²) in [6.07, 6.45) is 7.19. The van der Waals surface area contributed by atoms with Gasteiger partial charge in [0.2, 0.25) is 11.8 Å². The van der Waals surface area contributed by atoms with Crippen molar-refractivity contribution in [3.63, 3.8) is 0 Å². The summed E-state index contributed by atoms with van der Waals surface area (Å²) >= 11 is 0. The molecule has 1 amide bonds. The molecule has 5 fully saturated rings. The van der Waals surface area contributed by atoms with E-state index < -0.39 is 5.60 Å². The molecule has 3 atom stereocenters. The van der Waals surface area contributed by atoms with Crippen molar-refractivity contribution in [2.75, 3.05) is 25.1 Å². The number of nitrogens with one attached hydrogen (secondary N) is 2. The number of aliphatic hydroxyl groups is 1. The molecule has 0 aromatic carbocycles. The van der Waals surface area contributed by atoms with Crippen molar-refractivity contribution < 1.29 is 19.4 Å².